The van der Waals surface area contributed by atoms with E-state index in [0.29, 0.717) is 11.0 Å². The number of rotatable bonds is 4. The van der Waals surface area contributed by atoms with Crippen LogP contribution in [-0.4, -0.2) is 31.5 Å². The van der Waals surface area contributed by atoms with Crippen LogP contribution in [0.25, 0.3) is 0 Å². The van der Waals surface area contributed by atoms with Gasteiger partial charge in [-0.05, 0) is 6.07 Å². The average molecular weight is 335 g/mol. The first-order valence-electron chi connectivity index (χ1n) is 6.03. The number of hydrogen-bond acceptors (Lipinski definition) is 5. The third-order valence-electron chi connectivity index (χ3n) is 3.19. The lowest BCUT2D eigenvalue weighted by molar-refractivity contribution is -0.384. The maximum absolute atomic E-state index is 13.9. The molecule has 11 heteroatoms. The summed E-state index contributed by atoms with van der Waals surface area (Å²) in [7, 11) is -3.86. The molecule has 0 bridgehead atoms. The number of primary sulfonamides is 1. The normalized spacial score (nSPS) is 18.8. The lowest BCUT2D eigenvalue weighted by atomic mass is 10.1. The number of halogens is 2. The van der Waals surface area contributed by atoms with Crippen molar-refractivity contribution in [2.75, 3.05) is 17.2 Å². The van der Waals surface area contributed by atoms with Gasteiger partial charge in [0.2, 0.25) is 15.9 Å². The van der Waals surface area contributed by atoms with Crippen LogP contribution in [0.5, 0.6) is 0 Å². The third-order valence-corrected chi connectivity index (χ3v) is 4.12. The molecule has 1 saturated heterocycles. The van der Waals surface area contributed by atoms with Crippen LogP contribution in [0.4, 0.5) is 20.2 Å². The first-order valence-corrected chi connectivity index (χ1v) is 7.75. The molecule has 1 unspecified atom stereocenters. The minimum Gasteiger partial charge on any atom is -0.304 e. The van der Waals surface area contributed by atoms with Gasteiger partial charge in [0, 0.05) is 24.9 Å². The monoisotopic (exact) mass is 335 g/mol. The molecule has 1 amide bonds. The summed E-state index contributed by atoms with van der Waals surface area (Å²) in [5, 5.41) is 15.8. The number of nitrogens with zero attached hydrogens (tertiary/aromatic N) is 2. The largest absolute Gasteiger partial charge is 0.304 e. The molecule has 1 atom stereocenters. The maximum Gasteiger partial charge on any atom is 0.296 e. The highest BCUT2D eigenvalue weighted by Crippen LogP contribution is 2.36. The zero-order valence-electron chi connectivity index (χ0n) is 11.0. The number of nitro groups is 1. The number of carbonyl (C=O) groups excluding carboxylic acids is 1. The summed E-state index contributed by atoms with van der Waals surface area (Å²) in [6.07, 6.45) is -0.274. The molecular formula is C11H11F2N3O5S. The molecule has 22 heavy (non-hydrogen) atoms. The van der Waals surface area contributed by atoms with E-state index < -0.39 is 55.5 Å². The van der Waals surface area contributed by atoms with Gasteiger partial charge < -0.3 is 4.90 Å². The van der Waals surface area contributed by atoms with Crippen LogP contribution >= 0.6 is 0 Å². The topological polar surface area (TPSA) is 124 Å². The van der Waals surface area contributed by atoms with E-state index in [0.717, 1.165) is 6.07 Å². The Morgan fingerprint density at radius 3 is 2.59 bits per heavy atom. The molecule has 0 radical (unpaired) electrons. The summed E-state index contributed by atoms with van der Waals surface area (Å²) in [6.45, 7) is -0.295. The molecule has 0 aliphatic carbocycles. The molecule has 1 heterocycles. The molecule has 0 aromatic heterocycles. The van der Waals surface area contributed by atoms with Crippen molar-refractivity contribution >= 4 is 27.3 Å². The molecule has 1 aromatic carbocycles. The van der Waals surface area contributed by atoms with E-state index in [1.807, 2.05) is 0 Å². The molecule has 2 N–H and O–H groups in total. The van der Waals surface area contributed by atoms with Gasteiger partial charge in [0.1, 0.15) is 0 Å². The van der Waals surface area contributed by atoms with Gasteiger partial charge >= 0.3 is 0 Å². The number of nitro benzene ring substituents is 1. The van der Waals surface area contributed by atoms with E-state index in [2.05, 4.69) is 0 Å². The van der Waals surface area contributed by atoms with E-state index in [-0.39, 0.29) is 13.0 Å². The first-order chi connectivity index (χ1) is 10.1. The van der Waals surface area contributed by atoms with E-state index >= 15 is 0 Å². The Hall–Kier alpha value is -2.14. The minimum atomic E-state index is -3.86. The standard InChI is InChI=1S/C11H11F2N3O5S/c12-7-1-2-8(16(18)19)11(10(7)13)15-4-6(3-9(15)17)5-22(14,20)21/h1-2,6H,3-5H2,(H2,14,20,21). The molecule has 0 saturated carbocycles. The van der Waals surface area contributed by atoms with Crippen molar-refractivity contribution in [3.63, 3.8) is 0 Å². The Kier molecular flexibility index (Phi) is 4.11. The van der Waals surface area contributed by atoms with Crippen LogP contribution in [-0.2, 0) is 14.8 Å². The van der Waals surface area contributed by atoms with Gasteiger partial charge in [0.05, 0.1) is 10.7 Å². The van der Waals surface area contributed by atoms with Crippen molar-refractivity contribution < 1.29 is 26.9 Å². The quantitative estimate of drug-likeness (QED) is 0.634. The fourth-order valence-electron chi connectivity index (χ4n) is 2.37. The number of sulfonamides is 1. The summed E-state index contributed by atoms with van der Waals surface area (Å²) >= 11 is 0. The number of anilines is 1. The molecule has 1 aliphatic rings. The van der Waals surface area contributed by atoms with Crippen LogP contribution < -0.4 is 10.0 Å². The lowest BCUT2D eigenvalue weighted by Crippen LogP contribution is -2.29. The number of nitrogens with two attached hydrogens (primary N) is 1. The van der Waals surface area contributed by atoms with Crippen LogP contribution in [0.1, 0.15) is 6.42 Å². The Balaban J connectivity index is 2.42. The smallest absolute Gasteiger partial charge is 0.296 e. The van der Waals surface area contributed by atoms with E-state index in [4.69, 9.17) is 5.14 Å². The van der Waals surface area contributed by atoms with Gasteiger partial charge in [-0.25, -0.2) is 22.3 Å². The molecule has 8 nitrogen and oxygen atoms in total. The van der Waals surface area contributed by atoms with Gasteiger partial charge in [-0.1, -0.05) is 0 Å². The fraction of sp³-hybridized carbons (Fsp3) is 0.364. The highest BCUT2D eigenvalue weighted by molar-refractivity contribution is 7.89. The second kappa shape index (κ2) is 5.57. The predicted octanol–water partition coefficient (Wildman–Crippen LogP) is 0.514. The Morgan fingerprint density at radius 2 is 2.05 bits per heavy atom. The van der Waals surface area contributed by atoms with E-state index in [1.165, 1.54) is 0 Å². The van der Waals surface area contributed by atoms with Gasteiger partial charge in [-0.2, -0.15) is 0 Å². The Morgan fingerprint density at radius 1 is 1.41 bits per heavy atom. The second-order valence-corrected chi connectivity index (χ2v) is 6.55. The van der Waals surface area contributed by atoms with Crippen molar-refractivity contribution in [2.45, 2.75) is 6.42 Å². The van der Waals surface area contributed by atoms with Crippen molar-refractivity contribution in [3.8, 4) is 0 Å². The maximum atomic E-state index is 13.9. The Bertz CT molecular complexity index is 752. The molecular weight excluding hydrogens is 324 g/mol. The molecule has 1 aliphatic heterocycles. The van der Waals surface area contributed by atoms with Gasteiger partial charge in [-0.3, -0.25) is 14.9 Å². The summed E-state index contributed by atoms with van der Waals surface area (Å²) in [5.74, 6) is -4.88. The number of hydrogen-bond donors (Lipinski definition) is 1. The molecule has 2 rings (SSSR count). The van der Waals surface area contributed by atoms with Gasteiger partial charge in [0.15, 0.2) is 17.3 Å². The molecule has 120 valence electrons. The molecule has 1 aromatic rings. The van der Waals surface area contributed by atoms with Crippen LogP contribution in [0.2, 0.25) is 0 Å². The van der Waals surface area contributed by atoms with Crippen LogP contribution in [0.3, 0.4) is 0 Å². The highest BCUT2D eigenvalue weighted by Gasteiger charge is 2.38. The fourth-order valence-corrected chi connectivity index (χ4v) is 3.25. The first kappa shape index (κ1) is 16.2. The summed E-state index contributed by atoms with van der Waals surface area (Å²) < 4.78 is 49.3. The van der Waals surface area contributed by atoms with Crippen LogP contribution in [0.15, 0.2) is 12.1 Å². The van der Waals surface area contributed by atoms with Gasteiger partial charge in [-0.15, -0.1) is 0 Å². The zero-order chi connectivity index (χ0) is 16.7. The zero-order valence-corrected chi connectivity index (χ0v) is 11.8. The summed E-state index contributed by atoms with van der Waals surface area (Å²) in [6, 6.07) is 1.33. The minimum absolute atomic E-state index is 0.274. The lowest BCUT2D eigenvalue weighted by Gasteiger charge is -2.17. The molecule has 0 spiro atoms. The predicted molar refractivity (Wildman–Crippen MR) is 71.4 cm³/mol. The van der Waals surface area contributed by atoms with Crippen LogP contribution in [0, 0.1) is 27.7 Å². The summed E-state index contributed by atoms with van der Waals surface area (Å²) in [5.41, 5.74) is -1.57. The number of benzene rings is 1. The van der Waals surface area contributed by atoms with E-state index in [1.54, 1.807) is 0 Å². The van der Waals surface area contributed by atoms with Crippen molar-refractivity contribution in [1.29, 1.82) is 0 Å². The number of amides is 1. The van der Waals surface area contributed by atoms with E-state index in [9.17, 15) is 32.1 Å². The Labute approximate surface area is 123 Å². The highest BCUT2D eigenvalue weighted by atomic mass is 32.2. The summed E-state index contributed by atoms with van der Waals surface area (Å²) in [4.78, 5) is 22.6. The van der Waals surface area contributed by atoms with Crippen molar-refractivity contribution in [1.82, 2.24) is 0 Å². The third kappa shape index (κ3) is 3.20. The van der Waals surface area contributed by atoms with Gasteiger partial charge in [0.25, 0.3) is 5.69 Å². The average Bonchev–Trinajstić information content (AvgIpc) is 2.70. The number of carbonyl (C=O) groups is 1. The second-order valence-electron chi connectivity index (χ2n) is 4.89. The molecule has 1 fully saturated rings. The van der Waals surface area contributed by atoms with Crippen molar-refractivity contribution in [2.24, 2.45) is 11.1 Å². The SMILES string of the molecule is NS(=O)(=O)CC1CC(=O)N(c2c([N+](=O)[O-])ccc(F)c2F)C1. The van der Waals surface area contributed by atoms with Crippen molar-refractivity contribution in [3.05, 3.63) is 33.9 Å².